The van der Waals surface area contributed by atoms with Crippen LogP contribution in [0.15, 0.2) is 42.5 Å². The highest BCUT2D eigenvalue weighted by Crippen LogP contribution is 2.24. The first-order valence-electron chi connectivity index (χ1n) is 6.48. The van der Waals surface area contributed by atoms with Crippen LogP contribution < -0.4 is 20.5 Å². The number of carbonyl (C=O) groups excluding carboxylic acids is 1. The Bertz CT molecular complexity index is 723. The minimum atomic E-state index is -0.348. The Morgan fingerprint density at radius 1 is 1.27 bits per heavy atom. The molecule has 0 saturated heterocycles. The Kier molecular flexibility index (Phi) is 4.83. The molecule has 6 heteroatoms. The predicted molar refractivity (Wildman–Crippen MR) is 82.7 cm³/mol. The lowest BCUT2D eigenvalue weighted by atomic mass is 10.2. The Morgan fingerprint density at radius 2 is 2.09 bits per heavy atom. The summed E-state index contributed by atoms with van der Waals surface area (Å²) in [6.07, 6.45) is 0. The van der Waals surface area contributed by atoms with Gasteiger partial charge in [-0.1, -0.05) is 6.07 Å². The van der Waals surface area contributed by atoms with E-state index in [-0.39, 0.29) is 12.5 Å². The second-order valence-electron chi connectivity index (χ2n) is 4.43. The first-order chi connectivity index (χ1) is 10.6. The van der Waals surface area contributed by atoms with Gasteiger partial charge in [-0.05, 0) is 30.3 Å². The molecule has 2 aromatic rings. The molecule has 0 aliphatic heterocycles. The first kappa shape index (κ1) is 15.2. The molecular weight excluding hydrogens is 282 g/mol. The number of hydrogen-bond acceptors (Lipinski definition) is 5. The number of benzene rings is 2. The Labute approximate surface area is 128 Å². The summed E-state index contributed by atoms with van der Waals surface area (Å²) in [6, 6.07) is 13.6. The summed E-state index contributed by atoms with van der Waals surface area (Å²) >= 11 is 0. The van der Waals surface area contributed by atoms with Crippen molar-refractivity contribution >= 4 is 17.3 Å². The van der Waals surface area contributed by atoms with Crippen LogP contribution in [0.25, 0.3) is 0 Å². The molecule has 0 bridgehead atoms. The zero-order valence-corrected chi connectivity index (χ0v) is 12.0. The molecule has 1 amide bonds. The number of amides is 1. The van der Waals surface area contributed by atoms with E-state index in [4.69, 9.17) is 20.5 Å². The summed E-state index contributed by atoms with van der Waals surface area (Å²) < 4.78 is 10.4. The molecule has 0 aliphatic carbocycles. The number of carbonyl (C=O) groups is 1. The fraction of sp³-hybridized carbons (Fsp3) is 0.125. The molecule has 0 fully saturated rings. The largest absolute Gasteiger partial charge is 0.497 e. The minimum absolute atomic E-state index is 0.180. The van der Waals surface area contributed by atoms with Gasteiger partial charge in [-0.2, -0.15) is 5.26 Å². The Balaban J connectivity index is 1.94. The van der Waals surface area contributed by atoms with E-state index in [2.05, 4.69) is 5.32 Å². The maximum atomic E-state index is 11.9. The van der Waals surface area contributed by atoms with E-state index >= 15 is 0 Å². The van der Waals surface area contributed by atoms with E-state index < -0.39 is 0 Å². The number of nitrogens with zero attached hydrogens (tertiary/aromatic N) is 1. The summed E-state index contributed by atoms with van der Waals surface area (Å²) in [4.78, 5) is 11.9. The smallest absolute Gasteiger partial charge is 0.262 e. The number of nitrogens with one attached hydrogen (secondary N) is 1. The van der Waals surface area contributed by atoms with Crippen molar-refractivity contribution in [2.24, 2.45) is 0 Å². The Hall–Kier alpha value is -3.20. The fourth-order valence-electron chi connectivity index (χ4n) is 1.77. The summed E-state index contributed by atoms with van der Waals surface area (Å²) in [7, 11) is 1.54. The van der Waals surface area contributed by atoms with Crippen molar-refractivity contribution in [1.82, 2.24) is 0 Å². The van der Waals surface area contributed by atoms with Crippen LogP contribution in [0.1, 0.15) is 5.56 Å². The molecule has 0 radical (unpaired) electrons. The molecule has 6 nitrogen and oxygen atoms in total. The number of anilines is 2. The molecule has 0 spiro atoms. The van der Waals surface area contributed by atoms with E-state index in [1.165, 1.54) is 7.11 Å². The number of nitriles is 1. The molecular formula is C16H15N3O3. The van der Waals surface area contributed by atoms with Gasteiger partial charge in [0, 0.05) is 6.07 Å². The zero-order chi connectivity index (χ0) is 15.9. The first-order valence-corrected chi connectivity index (χ1v) is 6.48. The molecule has 22 heavy (non-hydrogen) atoms. The lowest BCUT2D eigenvalue weighted by Crippen LogP contribution is -2.20. The summed E-state index contributed by atoms with van der Waals surface area (Å²) in [5.74, 6) is 0.719. The molecule has 0 atom stereocenters. The number of ether oxygens (including phenoxy) is 2. The van der Waals surface area contributed by atoms with E-state index in [0.717, 1.165) is 0 Å². The molecule has 0 aromatic heterocycles. The van der Waals surface area contributed by atoms with E-state index in [9.17, 15) is 4.79 Å². The highest BCUT2D eigenvalue weighted by molar-refractivity contribution is 5.95. The third kappa shape index (κ3) is 3.90. The topological polar surface area (TPSA) is 97.4 Å². The van der Waals surface area contributed by atoms with Crippen LogP contribution in [-0.4, -0.2) is 19.6 Å². The number of nitrogen functional groups attached to an aromatic ring is 1. The molecule has 0 aliphatic rings. The van der Waals surface area contributed by atoms with Gasteiger partial charge in [-0.25, -0.2) is 0 Å². The molecule has 0 unspecified atom stereocenters. The summed E-state index contributed by atoms with van der Waals surface area (Å²) in [6.45, 7) is -0.180. The van der Waals surface area contributed by atoms with Gasteiger partial charge >= 0.3 is 0 Å². The fourth-order valence-corrected chi connectivity index (χ4v) is 1.77. The van der Waals surface area contributed by atoms with Crippen molar-refractivity contribution in [3.63, 3.8) is 0 Å². The number of methoxy groups -OCH3 is 1. The van der Waals surface area contributed by atoms with Gasteiger partial charge in [-0.15, -0.1) is 0 Å². The second-order valence-corrected chi connectivity index (χ2v) is 4.43. The van der Waals surface area contributed by atoms with E-state index in [0.29, 0.717) is 28.4 Å². The average molecular weight is 297 g/mol. The predicted octanol–water partition coefficient (Wildman–Crippen LogP) is 2.17. The van der Waals surface area contributed by atoms with Crippen molar-refractivity contribution in [2.75, 3.05) is 24.8 Å². The zero-order valence-electron chi connectivity index (χ0n) is 12.0. The van der Waals surface area contributed by atoms with Crippen LogP contribution in [0.3, 0.4) is 0 Å². The van der Waals surface area contributed by atoms with Crippen LogP contribution in [0.4, 0.5) is 11.4 Å². The lowest BCUT2D eigenvalue weighted by Gasteiger charge is -2.10. The van der Waals surface area contributed by atoms with Crippen LogP contribution in [-0.2, 0) is 4.79 Å². The molecule has 3 N–H and O–H groups in total. The van der Waals surface area contributed by atoms with Gasteiger partial charge in [0.05, 0.1) is 30.1 Å². The maximum absolute atomic E-state index is 11.9. The third-order valence-corrected chi connectivity index (χ3v) is 2.87. The van der Waals surface area contributed by atoms with Gasteiger partial charge < -0.3 is 20.5 Å². The van der Waals surface area contributed by atoms with Gasteiger partial charge in [0.2, 0.25) is 0 Å². The van der Waals surface area contributed by atoms with E-state index in [1.807, 2.05) is 6.07 Å². The van der Waals surface area contributed by atoms with Gasteiger partial charge in [0.1, 0.15) is 11.5 Å². The number of rotatable bonds is 5. The monoisotopic (exact) mass is 297 g/mol. The summed E-state index contributed by atoms with van der Waals surface area (Å²) in [5.41, 5.74) is 7.18. The highest BCUT2D eigenvalue weighted by atomic mass is 16.5. The van der Waals surface area contributed by atoms with Crippen molar-refractivity contribution in [2.45, 2.75) is 0 Å². The normalized spacial score (nSPS) is 9.64. The molecule has 0 saturated carbocycles. The summed E-state index contributed by atoms with van der Waals surface area (Å²) in [5, 5.41) is 11.4. The molecule has 0 heterocycles. The minimum Gasteiger partial charge on any atom is -0.497 e. The SMILES string of the molecule is COc1ccc(NC(=O)COc2cccc(C#N)c2)c(N)c1. The van der Waals surface area contributed by atoms with Crippen molar-refractivity contribution < 1.29 is 14.3 Å². The standard InChI is InChI=1S/C16H15N3O3/c1-21-12-5-6-15(14(18)8-12)19-16(20)10-22-13-4-2-3-11(7-13)9-17/h2-8H,10,18H2,1H3,(H,19,20). The van der Waals surface area contributed by atoms with Crippen LogP contribution in [0.5, 0.6) is 11.5 Å². The van der Waals surface area contributed by atoms with Gasteiger partial charge in [-0.3, -0.25) is 4.79 Å². The number of nitrogens with two attached hydrogens (primary N) is 1. The molecule has 112 valence electrons. The van der Waals surface area contributed by atoms with Crippen LogP contribution in [0.2, 0.25) is 0 Å². The molecule has 2 rings (SSSR count). The third-order valence-electron chi connectivity index (χ3n) is 2.87. The Morgan fingerprint density at radius 3 is 2.77 bits per heavy atom. The lowest BCUT2D eigenvalue weighted by molar-refractivity contribution is -0.118. The number of hydrogen-bond donors (Lipinski definition) is 2. The van der Waals surface area contributed by atoms with Crippen LogP contribution in [0, 0.1) is 11.3 Å². The van der Waals surface area contributed by atoms with Gasteiger partial charge in [0.15, 0.2) is 6.61 Å². The van der Waals surface area contributed by atoms with Crippen molar-refractivity contribution in [3.8, 4) is 17.6 Å². The maximum Gasteiger partial charge on any atom is 0.262 e. The van der Waals surface area contributed by atoms with Crippen LogP contribution >= 0.6 is 0 Å². The quantitative estimate of drug-likeness (QED) is 0.824. The molecule has 2 aromatic carbocycles. The van der Waals surface area contributed by atoms with Crippen molar-refractivity contribution in [3.05, 3.63) is 48.0 Å². The van der Waals surface area contributed by atoms with Gasteiger partial charge in [0.25, 0.3) is 5.91 Å². The van der Waals surface area contributed by atoms with E-state index in [1.54, 1.807) is 42.5 Å². The van der Waals surface area contributed by atoms with Crippen molar-refractivity contribution in [1.29, 1.82) is 5.26 Å². The highest BCUT2D eigenvalue weighted by Gasteiger charge is 2.07. The second kappa shape index (κ2) is 6.99. The average Bonchev–Trinajstić information content (AvgIpc) is 2.55.